The number of nitrogens with one attached hydrogen (secondary N) is 1. The molecule has 3 heteroatoms. The molecule has 0 spiro atoms. The fourth-order valence-corrected chi connectivity index (χ4v) is 2.44. The molecular formula is C10H20N2O. The molecule has 2 aliphatic rings. The van der Waals surface area contributed by atoms with Gasteiger partial charge in [0.1, 0.15) is 0 Å². The molecule has 0 radical (unpaired) electrons. The zero-order valence-corrected chi connectivity index (χ0v) is 8.51. The van der Waals surface area contributed by atoms with E-state index in [0.29, 0.717) is 0 Å². The van der Waals surface area contributed by atoms with Gasteiger partial charge >= 0.3 is 0 Å². The summed E-state index contributed by atoms with van der Waals surface area (Å²) in [5, 5.41) is 3.39. The van der Waals surface area contributed by atoms with E-state index in [0.717, 1.165) is 19.6 Å². The highest BCUT2D eigenvalue weighted by Crippen LogP contribution is 2.22. The third-order valence-corrected chi connectivity index (χ3v) is 3.35. The van der Waals surface area contributed by atoms with Crippen LogP contribution in [0.4, 0.5) is 0 Å². The summed E-state index contributed by atoms with van der Waals surface area (Å²) in [4.78, 5) is 2.54. The highest BCUT2D eigenvalue weighted by atomic mass is 16.5. The van der Waals surface area contributed by atoms with Gasteiger partial charge in [0.25, 0.3) is 0 Å². The maximum Gasteiger partial charge on any atom is 0.0940 e. The SMILES string of the molecule is COC1(CN2CCCC2)CCNC1. The summed E-state index contributed by atoms with van der Waals surface area (Å²) in [5.74, 6) is 0. The zero-order chi connectivity index (χ0) is 9.15. The first-order valence-corrected chi connectivity index (χ1v) is 5.33. The molecule has 13 heavy (non-hydrogen) atoms. The molecular weight excluding hydrogens is 164 g/mol. The van der Waals surface area contributed by atoms with E-state index < -0.39 is 0 Å². The van der Waals surface area contributed by atoms with Crippen LogP contribution in [0.1, 0.15) is 19.3 Å². The van der Waals surface area contributed by atoms with Gasteiger partial charge in [0.05, 0.1) is 5.60 Å². The Morgan fingerprint density at radius 1 is 1.38 bits per heavy atom. The summed E-state index contributed by atoms with van der Waals surface area (Å²) in [6.07, 6.45) is 3.90. The fraction of sp³-hybridized carbons (Fsp3) is 1.00. The topological polar surface area (TPSA) is 24.5 Å². The van der Waals surface area contributed by atoms with Gasteiger partial charge in [-0.05, 0) is 38.9 Å². The van der Waals surface area contributed by atoms with Crippen LogP contribution >= 0.6 is 0 Å². The van der Waals surface area contributed by atoms with Crippen molar-refractivity contribution in [3.63, 3.8) is 0 Å². The van der Waals surface area contributed by atoms with Crippen LogP contribution in [0, 0.1) is 0 Å². The Bertz CT molecular complexity index is 160. The van der Waals surface area contributed by atoms with Crippen LogP contribution in [-0.4, -0.2) is 50.3 Å². The molecule has 2 fully saturated rings. The lowest BCUT2D eigenvalue weighted by atomic mass is 10.0. The third-order valence-electron chi connectivity index (χ3n) is 3.35. The molecule has 0 amide bonds. The largest absolute Gasteiger partial charge is 0.376 e. The molecule has 1 unspecified atom stereocenters. The molecule has 0 aromatic heterocycles. The zero-order valence-electron chi connectivity index (χ0n) is 8.51. The normalized spacial score (nSPS) is 35.8. The van der Waals surface area contributed by atoms with E-state index in [1.54, 1.807) is 0 Å². The lowest BCUT2D eigenvalue weighted by Gasteiger charge is -2.31. The second kappa shape index (κ2) is 3.95. The van der Waals surface area contributed by atoms with Gasteiger partial charge < -0.3 is 15.0 Å². The quantitative estimate of drug-likeness (QED) is 0.689. The first-order valence-electron chi connectivity index (χ1n) is 5.33. The van der Waals surface area contributed by atoms with Crippen molar-refractivity contribution in [3.05, 3.63) is 0 Å². The summed E-state index contributed by atoms with van der Waals surface area (Å²) in [6, 6.07) is 0. The van der Waals surface area contributed by atoms with Crippen molar-refractivity contribution in [2.45, 2.75) is 24.9 Å². The Morgan fingerprint density at radius 2 is 2.15 bits per heavy atom. The van der Waals surface area contributed by atoms with Gasteiger partial charge in [-0.15, -0.1) is 0 Å². The molecule has 2 rings (SSSR count). The Balaban J connectivity index is 1.88. The van der Waals surface area contributed by atoms with Crippen LogP contribution in [0.5, 0.6) is 0 Å². The Morgan fingerprint density at radius 3 is 2.69 bits per heavy atom. The minimum atomic E-state index is 0.115. The second-order valence-corrected chi connectivity index (χ2v) is 4.30. The van der Waals surface area contributed by atoms with E-state index in [-0.39, 0.29) is 5.60 Å². The second-order valence-electron chi connectivity index (χ2n) is 4.30. The number of hydrogen-bond donors (Lipinski definition) is 1. The number of nitrogens with zero attached hydrogens (tertiary/aromatic N) is 1. The molecule has 0 aliphatic carbocycles. The maximum atomic E-state index is 5.66. The van der Waals surface area contributed by atoms with E-state index in [2.05, 4.69) is 10.2 Å². The van der Waals surface area contributed by atoms with Crippen LogP contribution < -0.4 is 5.32 Å². The van der Waals surface area contributed by atoms with E-state index >= 15 is 0 Å². The molecule has 76 valence electrons. The molecule has 0 saturated carbocycles. The summed E-state index contributed by atoms with van der Waals surface area (Å²) in [5.41, 5.74) is 0.115. The molecule has 2 heterocycles. The van der Waals surface area contributed by atoms with Crippen molar-refractivity contribution in [2.24, 2.45) is 0 Å². The van der Waals surface area contributed by atoms with Gasteiger partial charge in [-0.25, -0.2) is 0 Å². The van der Waals surface area contributed by atoms with Gasteiger partial charge in [-0.2, -0.15) is 0 Å². The summed E-state index contributed by atoms with van der Waals surface area (Å²) in [7, 11) is 1.85. The minimum absolute atomic E-state index is 0.115. The number of hydrogen-bond acceptors (Lipinski definition) is 3. The van der Waals surface area contributed by atoms with Gasteiger partial charge in [0, 0.05) is 20.2 Å². The summed E-state index contributed by atoms with van der Waals surface area (Å²) >= 11 is 0. The van der Waals surface area contributed by atoms with Crippen molar-refractivity contribution in [1.82, 2.24) is 10.2 Å². The van der Waals surface area contributed by atoms with Crippen LogP contribution in [0.2, 0.25) is 0 Å². The molecule has 0 aromatic carbocycles. The van der Waals surface area contributed by atoms with Gasteiger partial charge in [0.2, 0.25) is 0 Å². The van der Waals surface area contributed by atoms with Crippen LogP contribution in [0.3, 0.4) is 0 Å². The predicted molar refractivity (Wildman–Crippen MR) is 52.9 cm³/mol. The molecule has 0 bridgehead atoms. The lowest BCUT2D eigenvalue weighted by Crippen LogP contribution is -2.45. The molecule has 1 atom stereocenters. The third kappa shape index (κ3) is 2.03. The van der Waals surface area contributed by atoms with Crippen LogP contribution in [0.25, 0.3) is 0 Å². The summed E-state index contributed by atoms with van der Waals surface area (Å²) < 4.78 is 5.66. The molecule has 2 saturated heterocycles. The van der Waals surface area contributed by atoms with Crippen molar-refractivity contribution in [3.8, 4) is 0 Å². The Labute approximate surface area is 80.4 Å². The van der Waals surface area contributed by atoms with E-state index in [4.69, 9.17) is 4.74 Å². The smallest absolute Gasteiger partial charge is 0.0940 e. The molecule has 0 aromatic rings. The average molecular weight is 184 g/mol. The average Bonchev–Trinajstić information content (AvgIpc) is 2.77. The summed E-state index contributed by atoms with van der Waals surface area (Å²) in [6.45, 7) is 5.80. The van der Waals surface area contributed by atoms with E-state index in [1.807, 2.05) is 7.11 Å². The highest BCUT2D eigenvalue weighted by Gasteiger charge is 2.35. The monoisotopic (exact) mass is 184 g/mol. The lowest BCUT2D eigenvalue weighted by molar-refractivity contribution is -0.0164. The fourth-order valence-electron chi connectivity index (χ4n) is 2.44. The first-order chi connectivity index (χ1) is 6.35. The van der Waals surface area contributed by atoms with Crippen LogP contribution in [-0.2, 0) is 4.74 Å². The number of rotatable bonds is 3. The molecule has 1 N–H and O–H groups in total. The van der Waals surface area contributed by atoms with Gasteiger partial charge in [0.15, 0.2) is 0 Å². The van der Waals surface area contributed by atoms with E-state index in [1.165, 1.54) is 32.4 Å². The van der Waals surface area contributed by atoms with Crippen molar-refractivity contribution in [2.75, 3.05) is 39.8 Å². The first kappa shape index (κ1) is 9.44. The predicted octanol–water partition coefficient (Wildman–Crippen LogP) is 0.461. The van der Waals surface area contributed by atoms with Gasteiger partial charge in [-0.3, -0.25) is 0 Å². The Hall–Kier alpha value is -0.120. The number of ether oxygens (including phenoxy) is 1. The van der Waals surface area contributed by atoms with E-state index in [9.17, 15) is 0 Å². The number of likely N-dealkylation sites (tertiary alicyclic amines) is 1. The molecule has 2 aliphatic heterocycles. The standard InChI is InChI=1S/C10H20N2O/c1-13-10(4-5-11-8-10)9-12-6-2-3-7-12/h11H,2-9H2,1H3. The van der Waals surface area contributed by atoms with Crippen LogP contribution in [0.15, 0.2) is 0 Å². The van der Waals surface area contributed by atoms with Crippen molar-refractivity contribution >= 4 is 0 Å². The van der Waals surface area contributed by atoms with Gasteiger partial charge in [-0.1, -0.05) is 0 Å². The molecule has 3 nitrogen and oxygen atoms in total. The van der Waals surface area contributed by atoms with Crippen molar-refractivity contribution in [1.29, 1.82) is 0 Å². The highest BCUT2D eigenvalue weighted by molar-refractivity contribution is 4.93. The number of methoxy groups -OCH3 is 1. The maximum absolute atomic E-state index is 5.66. The Kier molecular flexibility index (Phi) is 2.86. The minimum Gasteiger partial charge on any atom is -0.376 e. The van der Waals surface area contributed by atoms with Crippen molar-refractivity contribution < 1.29 is 4.74 Å².